The summed E-state index contributed by atoms with van der Waals surface area (Å²) in [5, 5.41) is 8.86. The van der Waals surface area contributed by atoms with Crippen LogP contribution in [0.4, 0.5) is 0 Å². The van der Waals surface area contributed by atoms with Crippen molar-refractivity contribution < 1.29 is 13.8 Å². The smallest absolute Gasteiger partial charge is 0.328 e. The van der Waals surface area contributed by atoms with Gasteiger partial charge in [-0.05, 0) is 41.0 Å². The molecule has 1 heterocycles. The first-order valence-corrected chi connectivity index (χ1v) is 11.9. The largest absolute Gasteiger partial charge is 0.381 e. The highest BCUT2D eigenvalue weighted by Crippen LogP contribution is 2.46. The van der Waals surface area contributed by atoms with Gasteiger partial charge in [-0.25, -0.2) is 9.46 Å². The molecule has 2 atom stereocenters. The number of aromatic amines is 1. The summed E-state index contributed by atoms with van der Waals surface area (Å²) in [7, 11) is -1.38. The first-order chi connectivity index (χ1) is 14.7. The molecule has 31 heavy (non-hydrogen) atoms. The molecule has 0 radical (unpaired) electrons. The second kappa shape index (κ2) is 14.5. The average molecular weight is 457 g/mol. The first kappa shape index (κ1) is 27.5. The van der Waals surface area contributed by atoms with Crippen LogP contribution < -0.4 is 11.2 Å². The lowest BCUT2D eigenvalue weighted by molar-refractivity contribution is 0.0644. The summed E-state index contributed by atoms with van der Waals surface area (Å²) in [5.74, 6) is -0.111. The van der Waals surface area contributed by atoms with E-state index in [0.717, 1.165) is 6.42 Å². The van der Waals surface area contributed by atoms with Gasteiger partial charge in [0.2, 0.25) is 0 Å². The fourth-order valence-corrected chi connectivity index (χ4v) is 4.74. The molecule has 1 N–H and O–H groups in total. The van der Waals surface area contributed by atoms with Crippen LogP contribution in [0.15, 0.2) is 15.8 Å². The first-order valence-electron chi connectivity index (χ1n) is 10.8. The van der Waals surface area contributed by atoms with Crippen LogP contribution >= 0.6 is 8.53 Å². The van der Waals surface area contributed by atoms with Gasteiger partial charge < -0.3 is 13.8 Å². The Labute approximate surface area is 186 Å². The number of ether oxygens (including phenoxy) is 1. The van der Waals surface area contributed by atoms with E-state index in [1.165, 1.54) is 4.57 Å². The normalized spacial score (nSPS) is 13.7. The predicted molar refractivity (Wildman–Crippen MR) is 122 cm³/mol. The van der Waals surface area contributed by atoms with E-state index >= 15 is 0 Å². The Balaban J connectivity index is 2.98. The molecule has 0 aliphatic heterocycles. The number of aryl methyl sites for hydroxylation is 1. The minimum Gasteiger partial charge on any atom is -0.381 e. The summed E-state index contributed by atoms with van der Waals surface area (Å²) < 4.78 is 21.6. The number of hydrogen-bond donors (Lipinski definition) is 1. The highest BCUT2D eigenvalue weighted by atomic mass is 31.2. The molecule has 0 bridgehead atoms. The molecule has 0 aromatic carbocycles. The summed E-state index contributed by atoms with van der Waals surface area (Å²) in [4.78, 5) is 26.2. The maximum atomic E-state index is 12.2. The second-order valence-corrected chi connectivity index (χ2v) is 9.46. The number of nitrogens with zero attached hydrogens (tertiary/aromatic N) is 3. The van der Waals surface area contributed by atoms with Crippen LogP contribution in [0, 0.1) is 24.2 Å². The molecule has 1 aromatic rings. The van der Waals surface area contributed by atoms with Gasteiger partial charge in [0.1, 0.15) is 0 Å². The zero-order chi connectivity index (χ0) is 23.4. The molecule has 10 heteroatoms. The van der Waals surface area contributed by atoms with Gasteiger partial charge in [0, 0.05) is 42.9 Å². The lowest BCUT2D eigenvalue weighted by Crippen LogP contribution is -2.36. The van der Waals surface area contributed by atoms with Crippen molar-refractivity contribution in [1.29, 1.82) is 5.26 Å². The Hall–Kier alpha value is -1.56. The molecular weight excluding hydrogens is 419 g/mol. The Morgan fingerprint density at radius 1 is 1.16 bits per heavy atom. The second-order valence-electron chi connectivity index (χ2n) is 8.01. The van der Waals surface area contributed by atoms with Crippen molar-refractivity contribution in [2.45, 2.75) is 73.0 Å². The quantitative estimate of drug-likeness (QED) is 0.319. The lowest BCUT2D eigenvalue weighted by atomic mass is 10.2. The minimum atomic E-state index is -1.38. The molecule has 1 rings (SSSR count). The van der Waals surface area contributed by atoms with Crippen LogP contribution in [-0.4, -0.2) is 52.7 Å². The van der Waals surface area contributed by atoms with Crippen molar-refractivity contribution in [3.05, 3.63) is 32.6 Å². The molecule has 2 unspecified atom stereocenters. The maximum absolute atomic E-state index is 12.2. The SMILES string of the molecule is CCCOCC(COP(OCCC#N)N(C(C)C)C(C)C)Cn1cc(C)c(=O)[nH]c1=O. The minimum absolute atomic E-state index is 0.111. The van der Waals surface area contributed by atoms with Gasteiger partial charge in [0.25, 0.3) is 14.1 Å². The molecule has 1 aromatic heterocycles. The zero-order valence-electron chi connectivity index (χ0n) is 19.6. The van der Waals surface area contributed by atoms with Gasteiger partial charge in [0.15, 0.2) is 0 Å². The van der Waals surface area contributed by atoms with Crippen molar-refractivity contribution in [2.24, 2.45) is 5.92 Å². The van der Waals surface area contributed by atoms with E-state index in [4.69, 9.17) is 19.0 Å². The molecule has 176 valence electrons. The van der Waals surface area contributed by atoms with Gasteiger partial charge in [-0.2, -0.15) is 5.26 Å². The molecular formula is C21H37N4O5P. The van der Waals surface area contributed by atoms with Crippen LogP contribution in [0.3, 0.4) is 0 Å². The zero-order valence-corrected chi connectivity index (χ0v) is 20.5. The van der Waals surface area contributed by atoms with Gasteiger partial charge in [-0.15, -0.1) is 0 Å². The fourth-order valence-electron chi connectivity index (χ4n) is 3.06. The van der Waals surface area contributed by atoms with E-state index in [9.17, 15) is 9.59 Å². The van der Waals surface area contributed by atoms with Gasteiger partial charge in [-0.3, -0.25) is 14.3 Å². The average Bonchev–Trinajstić information content (AvgIpc) is 2.69. The fraction of sp³-hybridized carbons (Fsp3) is 0.762. The standard InChI is InChI=1S/C21H37N4O5P/c1-7-10-28-14-19(13-24-12-18(6)20(26)23-21(24)27)15-30-31(29-11-8-9-22)25(16(2)3)17(4)5/h12,16-17,19H,7-8,10-11,13-15H2,1-6H3,(H,23,26,27). The highest BCUT2D eigenvalue weighted by molar-refractivity contribution is 7.44. The van der Waals surface area contributed by atoms with Crippen molar-refractivity contribution in [2.75, 3.05) is 26.4 Å². The Bertz CT molecular complexity index is 794. The van der Waals surface area contributed by atoms with Gasteiger partial charge in [-0.1, -0.05) is 6.92 Å². The molecule has 9 nitrogen and oxygen atoms in total. The van der Waals surface area contributed by atoms with Crippen LogP contribution in [0.1, 0.15) is 53.0 Å². The summed E-state index contributed by atoms with van der Waals surface area (Å²) in [6.07, 6.45) is 2.75. The van der Waals surface area contributed by atoms with E-state index in [0.29, 0.717) is 45.0 Å². The summed E-state index contributed by atoms with van der Waals surface area (Å²) in [6.45, 7) is 14.0. The van der Waals surface area contributed by atoms with E-state index in [2.05, 4.69) is 43.4 Å². The Kier molecular flexibility index (Phi) is 12.8. The monoisotopic (exact) mass is 456 g/mol. The van der Waals surface area contributed by atoms with E-state index in [-0.39, 0.29) is 23.6 Å². The Morgan fingerprint density at radius 3 is 2.42 bits per heavy atom. The van der Waals surface area contributed by atoms with Crippen molar-refractivity contribution in [1.82, 2.24) is 14.2 Å². The number of nitriles is 1. The van der Waals surface area contributed by atoms with Gasteiger partial charge in [0.05, 0.1) is 32.3 Å². The number of hydrogen-bond acceptors (Lipinski definition) is 7. The van der Waals surface area contributed by atoms with Crippen molar-refractivity contribution in [3.8, 4) is 6.07 Å². The van der Waals surface area contributed by atoms with E-state index in [1.807, 2.05) is 6.92 Å². The summed E-state index contributed by atoms with van der Waals surface area (Å²) in [6, 6.07) is 2.50. The van der Waals surface area contributed by atoms with Crippen molar-refractivity contribution in [3.63, 3.8) is 0 Å². The third kappa shape index (κ3) is 9.63. The summed E-state index contributed by atoms with van der Waals surface area (Å²) >= 11 is 0. The van der Waals surface area contributed by atoms with E-state index in [1.54, 1.807) is 13.1 Å². The third-order valence-electron chi connectivity index (χ3n) is 4.43. The predicted octanol–water partition coefficient (Wildman–Crippen LogP) is 3.18. The molecule has 0 aliphatic rings. The summed E-state index contributed by atoms with van der Waals surface area (Å²) in [5.41, 5.74) is -0.355. The molecule has 0 aliphatic carbocycles. The molecule has 0 spiro atoms. The maximum Gasteiger partial charge on any atom is 0.328 e. The molecule has 0 saturated heterocycles. The van der Waals surface area contributed by atoms with Crippen LogP contribution in [0.2, 0.25) is 0 Å². The van der Waals surface area contributed by atoms with E-state index < -0.39 is 14.2 Å². The number of aromatic nitrogens is 2. The third-order valence-corrected chi connectivity index (χ3v) is 6.50. The lowest BCUT2D eigenvalue weighted by Gasteiger charge is -2.36. The topological polar surface area (TPSA) is 110 Å². The molecule has 0 saturated carbocycles. The van der Waals surface area contributed by atoms with Crippen LogP contribution in [0.5, 0.6) is 0 Å². The molecule has 0 amide bonds. The van der Waals surface area contributed by atoms with Crippen LogP contribution in [0.25, 0.3) is 0 Å². The number of nitrogens with one attached hydrogen (secondary N) is 1. The number of rotatable bonds is 15. The van der Waals surface area contributed by atoms with Crippen LogP contribution in [-0.2, 0) is 20.3 Å². The van der Waals surface area contributed by atoms with Gasteiger partial charge >= 0.3 is 5.69 Å². The van der Waals surface area contributed by atoms with Crippen molar-refractivity contribution >= 4 is 8.53 Å². The highest BCUT2D eigenvalue weighted by Gasteiger charge is 2.28. The molecule has 0 fully saturated rings. The Morgan fingerprint density at radius 2 is 1.84 bits per heavy atom. The number of H-pyrrole nitrogens is 1.